The van der Waals surface area contributed by atoms with E-state index in [0.29, 0.717) is 0 Å². The minimum Gasteiger partial charge on any atom is -0.469 e. The first kappa shape index (κ1) is 8.60. The number of aromatic nitrogens is 4. The van der Waals surface area contributed by atoms with Crippen molar-refractivity contribution in [1.29, 1.82) is 0 Å². The topological polar surface area (TPSA) is 101 Å². The number of esters is 1. The Labute approximate surface area is 67.7 Å². The number of methoxy groups -OCH3 is 1. The van der Waals surface area contributed by atoms with E-state index < -0.39 is 12.1 Å². The highest BCUT2D eigenvalue weighted by Crippen LogP contribution is 2.09. The highest BCUT2D eigenvalue weighted by atomic mass is 16.5. The molecule has 0 saturated heterocycles. The summed E-state index contributed by atoms with van der Waals surface area (Å²) in [7, 11) is 1.24. The van der Waals surface area contributed by atoms with Crippen molar-refractivity contribution in [3.8, 4) is 0 Å². The van der Waals surface area contributed by atoms with Gasteiger partial charge in [-0.15, -0.1) is 10.2 Å². The fourth-order valence-electron chi connectivity index (χ4n) is 0.643. The van der Waals surface area contributed by atoms with Gasteiger partial charge in [-0.2, -0.15) is 5.21 Å². The molecule has 12 heavy (non-hydrogen) atoms. The molecule has 0 aromatic carbocycles. The minimum atomic E-state index is -1.06. The summed E-state index contributed by atoms with van der Waals surface area (Å²) in [6, 6.07) is 0. The Kier molecular flexibility index (Phi) is 2.70. The van der Waals surface area contributed by atoms with Crippen LogP contribution < -0.4 is 0 Å². The lowest BCUT2D eigenvalue weighted by molar-refractivity contribution is -0.143. The number of ether oxygens (including phenoxy) is 1. The number of tetrazole rings is 1. The van der Waals surface area contributed by atoms with Gasteiger partial charge in [0.15, 0.2) is 0 Å². The maximum Gasteiger partial charge on any atom is 0.308 e. The van der Waals surface area contributed by atoms with Gasteiger partial charge >= 0.3 is 5.97 Å². The lowest BCUT2D eigenvalue weighted by atomic mass is 10.2. The number of aliphatic hydroxyl groups excluding tert-OH is 1. The number of rotatable bonds is 3. The van der Waals surface area contributed by atoms with Crippen LogP contribution in [0.2, 0.25) is 0 Å². The molecule has 0 unspecified atom stereocenters. The zero-order chi connectivity index (χ0) is 8.97. The molecule has 1 heterocycles. The Balaban J connectivity index is 2.49. The van der Waals surface area contributed by atoms with Gasteiger partial charge in [-0.05, 0) is 0 Å². The molecule has 0 fully saturated rings. The molecule has 1 rings (SSSR count). The van der Waals surface area contributed by atoms with Gasteiger partial charge in [-0.3, -0.25) is 4.79 Å². The molecule has 0 aliphatic rings. The smallest absolute Gasteiger partial charge is 0.308 e. The van der Waals surface area contributed by atoms with Crippen molar-refractivity contribution in [2.45, 2.75) is 12.5 Å². The number of carbonyl (C=O) groups excluding carboxylic acids is 1. The lowest BCUT2D eigenvalue weighted by Gasteiger charge is -2.02. The third kappa shape index (κ3) is 1.99. The highest BCUT2D eigenvalue weighted by Gasteiger charge is 2.16. The van der Waals surface area contributed by atoms with E-state index in [1.807, 2.05) is 0 Å². The van der Waals surface area contributed by atoms with Gasteiger partial charge in [0.1, 0.15) is 6.10 Å². The van der Waals surface area contributed by atoms with Crippen LogP contribution >= 0.6 is 0 Å². The quantitative estimate of drug-likeness (QED) is 0.555. The van der Waals surface area contributed by atoms with Crippen LogP contribution in [0.5, 0.6) is 0 Å². The molecule has 7 heteroatoms. The molecule has 1 aromatic rings. The second kappa shape index (κ2) is 3.77. The van der Waals surface area contributed by atoms with E-state index in [9.17, 15) is 9.90 Å². The van der Waals surface area contributed by atoms with Crippen molar-refractivity contribution in [2.75, 3.05) is 7.11 Å². The Morgan fingerprint density at radius 3 is 3.08 bits per heavy atom. The lowest BCUT2D eigenvalue weighted by Crippen LogP contribution is -2.09. The van der Waals surface area contributed by atoms with Crippen LogP contribution in [0.25, 0.3) is 0 Å². The zero-order valence-electron chi connectivity index (χ0n) is 6.39. The maximum atomic E-state index is 10.6. The molecule has 2 N–H and O–H groups in total. The van der Waals surface area contributed by atoms with E-state index in [4.69, 9.17) is 0 Å². The van der Waals surface area contributed by atoms with E-state index in [0.717, 1.165) is 0 Å². The average Bonchev–Trinajstić information content (AvgIpc) is 2.56. The van der Waals surface area contributed by atoms with Gasteiger partial charge in [-0.25, -0.2) is 0 Å². The molecule has 0 aliphatic carbocycles. The molecule has 0 aliphatic heterocycles. The van der Waals surface area contributed by atoms with Gasteiger partial charge in [0.05, 0.1) is 13.5 Å². The van der Waals surface area contributed by atoms with Crippen LogP contribution in [0.3, 0.4) is 0 Å². The van der Waals surface area contributed by atoms with Crippen molar-refractivity contribution in [1.82, 2.24) is 20.6 Å². The number of carbonyl (C=O) groups is 1. The first-order valence-electron chi connectivity index (χ1n) is 3.22. The number of nitrogens with zero attached hydrogens (tertiary/aromatic N) is 3. The van der Waals surface area contributed by atoms with Crippen molar-refractivity contribution < 1.29 is 14.6 Å². The SMILES string of the molecule is COC(=O)C[C@H](O)c1nn[nH]n1. The summed E-state index contributed by atoms with van der Waals surface area (Å²) in [5.74, 6) is -0.437. The fourth-order valence-corrected chi connectivity index (χ4v) is 0.643. The Hall–Kier alpha value is -1.50. The number of nitrogens with one attached hydrogen (secondary N) is 1. The van der Waals surface area contributed by atoms with Crippen molar-refractivity contribution in [3.63, 3.8) is 0 Å². The maximum absolute atomic E-state index is 10.6. The number of hydrogen-bond donors (Lipinski definition) is 2. The Bertz CT molecular complexity index is 247. The standard InChI is InChI=1S/C5H8N4O3/c1-12-4(11)2-3(10)5-6-8-9-7-5/h3,10H,2H2,1H3,(H,6,7,8,9)/t3-/m0/s1. The van der Waals surface area contributed by atoms with Crippen molar-refractivity contribution in [2.24, 2.45) is 0 Å². The van der Waals surface area contributed by atoms with Gasteiger partial charge in [-0.1, -0.05) is 5.21 Å². The molecule has 7 nitrogen and oxygen atoms in total. The Morgan fingerprint density at radius 1 is 1.83 bits per heavy atom. The molecular formula is C5H8N4O3. The van der Waals surface area contributed by atoms with Crippen LogP contribution in [0.15, 0.2) is 0 Å². The predicted molar refractivity (Wildman–Crippen MR) is 35.8 cm³/mol. The van der Waals surface area contributed by atoms with E-state index in [1.165, 1.54) is 7.11 Å². The van der Waals surface area contributed by atoms with Crippen LogP contribution in [-0.4, -0.2) is 38.8 Å². The summed E-state index contributed by atoms with van der Waals surface area (Å²) in [6.45, 7) is 0. The summed E-state index contributed by atoms with van der Waals surface area (Å²) in [5, 5.41) is 21.6. The third-order valence-electron chi connectivity index (χ3n) is 1.25. The molecule has 0 bridgehead atoms. The van der Waals surface area contributed by atoms with Crippen LogP contribution in [-0.2, 0) is 9.53 Å². The molecular weight excluding hydrogens is 164 g/mol. The molecule has 66 valence electrons. The van der Waals surface area contributed by atoms with Crippen LogP contribution in [0.4, 0.5) is 0 Å². The number of aliphatic hydroxyl groups is 1. The summed E-state index contributed by atoms with van der Waals surface area (Å²) in [5.41, 5.74) is 0. The summed E-state index contributed by atoms with van der Waals surface area (Å²) < 4.78 is 4.33. The zero-order valence-corrected chi connectivity index (χ0v) is 6.39. The molecule has 0 saturated carbocycles. The van der Waals surface area contributed by atoms with Gasteiger partial charge in [0.25, 0.3) is 0 Å². The van der Waals surface area contributed by atoms with Gasteiger partial charge in [0.2, 0.25) is 5.82 Å². The van der Waals surface area contributed by atoms with E-state index in [1.54, 1.807) is 0 Å². The largest absolute Gasteiger partial charge is 0.469 e. The van der Waals surface area contributed by atoms with E-state index in [2.05, 4.69) is 25.4 Å². The van der Waals surface area contributed by atoms with Gasteiger partial charge < -0.3 is 9.84 Å². The first-order valence-corrected chi connectivity index (χ1v) is 3.22. The molecule has 1 atom stereocenters. The second-order valence-corrected chi connectivity index (χ2v) is 2.07. The Morgan fingerprint density at radius 2 is 2.58 bits per heavy atom. The molecule has 0 amide bonds. The second-order valence-electron chi connectivity index (χ2n) is 2.07. The first-order chi connectivity index (χ1) is 5.74. The van der Waals surface area contributed by atoms with E-state index in [-0.39, 0.29) is 12.2 Å². The average molecular weight is 172 g/mol. The molecule has 0 spiro atoms. The predicted octanol–water partition coefficient (Wildman–Crippen LogP) is -1.20. The van der Waals surface area contributed by atoms with Crippen molar-refractivity contribution in [3.05, 3.63) is 5.82 Å². The number of hydrogen-bond acceptors (Lipinski definition) is 6. The summed E-state index contributed by atoms with van der Waals surface area (Å²) in [4.78, 5) is 10.6. The molecule has 0 radical (unpaired) electrons. The van der Waals surface area contributed by atoms with Crippen molar-refractivity contribution >= 4 is 5.97 Å². The summed E-state index contributed by atoms with van der Waals surface area (Å²) in [6.07, 6.45) is -1.23. The summed E-state index contributed by atoms with van der Waals surface area (Å²) >= 11 is 0. The molecule has 1 aromatic heterocycles. The normalized spacial score (nSPS) is 12.5. The fraction of sp³-hybridized carbons (Fsp3) is 0.600. The number of aromatic amines is 1. The van der Waals surface area contributed by atoms with E-state index >= 15 is 0 Å². The number of H-pyrrole nitrogens is 1. The highest BCUT2D eigenvalue weighted by molar-refractivity contribution is 5.69. The minimum absolute atomic E-state index is 0.0837. The van der Waals surface area contributed by atoms with Gasteiger partial charge in [0, 0.05) is 0 Å². The van der Waals surface area contributed by atoms with Crippen LogP contribution in [0.1, 0.15) is 18.3 Å². The van der Waals surface area contributed by atoms with Crippen LogP contribution in [0, 0.1) is 0 Å². The third-order valence-corrected chi connectivity index (χ3v) is 1.25. The monoisotopic (exact) mass is 172 g/mol.